The lowest BCUT2D eigenvalue weighted by molar-refractivity contribution is 0.523. The molecule has 1 aromatic carbocycles. The third-order valence-corrected chi connectivity index (χ3v) is 3.97. The Labute approximate surface area is 96.1 Å². The molecule has 0 bridgehead atoms. The van der Waals surface area contributed by atoms with Gasteiger partial charge in [0, 0.05) is 24.1 Å². The number of hydrogen-bond acceptors (Lipinski definition) is 1. The van der Waals surface area contributed by atoms with Crippen LogP contribution in [0.1, 0.15) is 18.4 Å². The fourth-order valence-electron chi connectivity index (χ4n) is 2.55. The number of benzene rings is 1. The molecule has 0 saturated heterocycles. The maximum atomic E-state index is 5.86. The second-order valence-electron chi connectivity index (χ2n) is 5.16. The van der Waals surface area contributed by atoms with E-state index in [0.29, 0.717) is 5.41 Å². The van der Waals surface area contributed by atoms with E-state index in [1.165, 1.54) is 29.3 Å². The standard InChI is InChI=1S/C14H18N2/c1-16-8-5-12-11(3-2-4-13(12)16)9-14(10-15)6-7-14/h2-5,8H,6-7,9-10,15H2,1H3. The molecule has 0 spiro atoms. The SMILES string of the molecule is Cn1ccc2c(CC3(CN)CC3)cccc21. The molecule has 1 aromatic heterocycles. The lowest BCUT2D eigenvalue weighted by atomic mass is 9.94. The molecule has 2 nitrogen and oxygen atoms in total. The van der Waals surface area contributed by atoms with Crippen molar-refractivity contribution in [2.75, 3.05) is 6.54 Å². The normalized spacial score (nSPS) is 17.9. The quantitative estimate of drug-likeness (QED) is 0.836. The van der Waals surface area contributed by atoms with Crippen LogP contribution in [0.3, 0.4) is 0 Å². The smallest absolute Gasteiger partial charge is 0.0480 e. The van der Waals surface area contributed by atoms with Gasteiger partial charge in [0.15, 0.2) is 0 Å². The van der Waals surface area contributed by atoms with Crippen molar-refractivity contribution in [2.24, 2.45) is 18.2 Å². The molecule has 1 heterocycles. The molecule has 3 rings (SSSR count). The van der Waals surface area contributed by atoms with Crippen molar-refractivity contribution in [2.45, 2.75) is 19.3 Å². The minimum atomic E-state index is 0.421. The molecule has 84 valence electrons. The summed E-state index contributed by atoms with van der Waals surface area (Å²) in [5, 5.41) is 1.39. The second-order valence-corrected chi connectivity index (χ2v) is 5.16. The first-order valence-corrected chi connectivity index (χ1v) is 5.97. The zero-order chi connectivity index (χ0) is 11.2. The number of fused-ring (bicyclic) bond motifs is 1. The highest BCUT2D eigenvalue weighted by atomic mass is 14.9. The number of rotatable bonds is 3. The maximum Gasteiger partial charge on any atom is 0.0480 e. The predicted molar refractivity (Wildman–Crippen MR) is 67.3 cm³/mol. The highest BCUT2D eigenvalue weighted by Crippen LogP contribution is 2.48. The fraction of sp³-hybridized carbons (Fsp3) is 0.429. The van der Waals surface area contributed by atoms with Gasteiger partial charge in [-0.15, -0.1) is 0 Å². The van der Waals surface area contributed by atoms with Gasteiger partial charge in [-0.1, -0.05) is 12.1 Å². The van der Waals surface area contributed by atoms with Crippen LogP contribution in [0.15, 0.2) is 30.5 Å². The molecule has 2 N–H and O–H groups in total. The van der Waals surface area contributed by atoms with Gasteiger partial charge in [0.25, 0.3) is 0 Å². The van der Waals surface area contributed by atoms with Crippen LogP contribution in [-0.2, 0) is 13.5 Å². The predicted octanol–water partition coefficient (Wildman–Crippen LogP) is 2.46. The summed E-state index contributed by atoms with van der Waals surface area (Å²) >= 11 is 0. The van der Waals surface area contributed by atoms with Crippen molar-refractivity contribution < 1.29 is 0 Å². The minimum absolute atomic E-state index is 0.421. The van der Waals surface area contributed by atoms with E-state index in [9.17, 15) is 0 Å². The zero-order valence-electron chi connectivity index (χ0n) is 9.74. The molecule has 1 aliphatic rings. The van der Waals surface area contributed by atoms with Gasteiger partial charge in [0.2, 0.25) is 0 Å². The lowest BCUT2D eigenvalue weighted by Gasteiger charge is -2.13. The van der Waals surface area contributed by atoms with E-state index in [-0.39, 0.29) is 0 Å². The van der Waals surface area contributed by atoms with Crippen molar-refractivity contribution in [1.29, 1.82) is 0 Å². The molecule has 1 fully saturated rings. The average molecular weight is 214 g/mol. The number of aryl methyl sites for hydroxylation is 1. The summed E-state index contributed by atoms with van der Waals surface area (Å²) < 4.78 is 2.18. The van der Waals surface area contributed by atoms with Crippen molar-refractivity contribution >= 4 is 10.9 Å². The minimum Gasteiger partial charge on any atom is -0.351 e. The summed E-state index contributed by atoms with van der Waals surface area (Å²) in [5.41, 5.74) is 9.07. The van der Waals surface area contributed by atoms with Crippen molar-refractivity contribution in [3.8, 4) is 0 Å². The first kappa shape index (κ1) is 9.91. The number of nitrogens with two attached hydrogens (primary N) is 1. The van der Waals surface area contributed by atoms with Crippen LogP contribution in [0.25, 0.3) is 10.9 Å². The summed E-state index contributed by atoms with van der Waals surface area (Å²) in [6, 6.07) is 8.81. The topological polar surface area (TPSA) is 30.9 Å². The van der Waals surface area contributed by atoms with Gasteiger partial charge in [-0.3, -0.25) is 0 Å². The molecular formula is C14H18N2. The van der Waals surface area contributed by atoms with E-state index in [0.717, 1.165) is 13.0 Å². The molecule has 1 saturated carbocycles. The second kappa shape index (κ2) is 3.36. The Morgan fingerprint density at radius 3 is 2.81 bits per heavy atom. The Balaban J connectivity index is 2.03. The largest absolute Gasteiger partial charge is 0.351 e. The molecule has 0 amide bonds. The Kier molecular flexibility index (Phi) is 2.08. The molecule has 0 radical (unpaired) electrons. The maximum absolute atomic E-state index is 5.86. The van der Waals surface area contributed by atoms with E-state index < -0.39 is 0 Å². The van der Waals surface area contributed by atoms with E-state index in [1.54, 1.807) is 0 Å². The highest BCUT2D eigenvalue weighted by Gasteiger charge is 2.41. The number of nitrogens with zero attached hydrogens (tertiary/aromatic N) is 1. The van der Waals surface area contributed by atoms with Gasteiger partial charge in [0.05, 0.1) is 0 Å². The Bertz CT molecular complexity index is 521. The Morgan fingerprint density at radius 2 is 2.12 bits per heavy atom. The summed E-state index contributed by atoms with van der Waals surface area (Å²) in [6.07, 6.45) is 5.88. The van der Waals surface area contributed by atoms with Crippen LogP contribution in [0.5, 0.6) is 0 Å². The third-order valence-electron chi connectivity index (χ3n) is 3.97. The third kappa shape index (κ3) is 1.45. The Hall–Kier alpha value is -1.28. The summed E-state index contributed by atoms with van der Waals surface area (Å²) in [7, 11) is 2.10. The van der Waals surface area contributed by atoms with Gasteiger partial charge in [-0.05, 0) is 48.9 Å². The first-order valence-electron chi connectivity index (χ1n) is 5.97. The fourth-order valence-corrected chi connectivity index (χ4v) is 2.55. The molecular weight excluding hydrogens is 196 g/mol. The van der Waals surface area contributed by atoms with Crippen LogP contribution in [0, 0.1) is 5.41 Å². The molecule has 0 atom stereocenters. The highest BCUT2D eigenvalue weighted by molar-refractivity contribution is 5.83. The number of aromatic nitrogens is 1. The molecule has 2 heteroatoms. The Morgan fingerprint density at radius 1 is 1.31 bits per heavy atom. The zero-order valence-corrected chi connectivity index (χ0v) is 9.74. The van der Waals surface area contributed by atoms with Crippen molar-refractivity contribution in [3.63, 3.8) is 0 Å². The van der Waals surface area contributed by atoms with Crippen LogP contribution >= 0.6 is 0 Å². The molecule has 16 heavy (non-hydrogen) atoms. The van der Waals surface area contributed by atoms with Crippen LogP contribution in [0.4, 0.5) is 0 Å². The monoisotopic (exact) mass is 214 g/mol. The van der Waals surface area contributed by atoms with Gasteiger partial charge < -0.3 is 10.3 Å². The first-order chi connectivity index (χ1) is 7.74. The van der Waals surface area contributed by atoms with Crippen LogP contribution in [-0.4, -0.2) is 11.1 Å². The van der Waals surface area contributed by atoms with Gasteiger partial charge >= 0.3 is 0 Å². The van der Waals surface area contributed by atoms with Crippen LogP contribution in [0.2, 0.25) is 0 Å². The molecule has 0 aliphatic heterocycles. The van der Waals surface area contributed by atoms with E-state index in [4.69, 9.17) is 5.73 Å². The van der Waals surface area contributed by atoms with Crippen molar-refractivity contribution in [3.05, 3.63) is 36.0 Å². The summed E-state index contributed by atoms with van der Waals surface area (Å²) in [6.45, 7) is 0.830. The van der Waals surface area contributed by atoms with Crippen LogP contribution < -0.4 is 5.73 Å². The lowest BCUT2D eigenvalue weighted by Crippen LogP contribution is -2.17. The summed E-state index contributed by atoms with van der Waals surface area (Å²) in [5.74, 6) is 0. The van der Waals surface area contributed by atoms with E-state index in [2.05, 4.69) is 42.1 Å². The molecule has 0 unspecified atom stereocenters. The molecule has 1 aliphatic carbocycles. The summed E-state index contributed by atoms with van der Waals surface area (Å²) in [4.78, 5) is 0. The van der Waals surface area contributed by atoms with Gasteiger partial charge in [-0.2, -0.15) is 0 Å². The number of hydrogen-bond donors (Lipinski definition) is 1. The van der Waals surface area contributed by atoms with Gasteiger partial charge in [-0.25, -0.2) is 0 Å². The van der Waals surface area contributed by atoms with E-state index in [1.807, 2.05) is 0 Å². The van der Waals surface area contributed by atoms with Crippen molar-refractivity contribution in [1.82, 2.24) is 4.57 Å². The van der Waals surface area contributed by atoms with E-state index >= 15 is 0 Å². The average Bonchev–Trinajstić information content (AvgIpc) is 2.98. The van der Waals surface area contributed by atoms with Gasteiger partial charge in [0.1, 0.15) is 0 Å². The molecule has 2 aromatic rings.